The monoisotopic (exact) mass is 436 g/mol. The molecule has 8 nitrogen and oxygen atoms in total. The van der Waals surface area contributed by atoms with Crippen molar-refractivity contribution in [1.82, 2.24) is 29.4 Å². The molecule has 31 heavy (non-hydrogen) atoms. The molecule has 1 aromatic carbocycles. The number of nitrogens with zero attached hydrogens (tertiary/aromatic N) is 6. The Balaban J connectivity index is 1.48. The van der Waals surface area contributed by atoms with E-state index in [1.165, 1.54) is 0 Å². The van der Waals surface area contributed by atoms with E-state index in [2.05, 4.69) is 15.0 Å². The number of furan rings is 1. The average molecular weight is 437 g/mol. The van der Waals surface area contributed by atoms with Gasteiger partial charge in [-0.3, -0.25) is 9.47 Å². The van der Waals surface area contributed by atoms with Crippen molar-refractivity contribution in [1.29, 1.82) is 0 Å². The Hall–Kier alpha value is -3.04. The Morgan fingerprint density at radius 3 is 2.71 bits per heavy atom. The summed E-state index contributed by atoms with van der Waals surface area (Å²) in [5.74, 6) is 3.22. The molecule has 9 heteroatoms. The van der Waals surface area contributed by atoms with Gasteiger partial charge >= 0.3 is 0 Å². The number of rotatable bonds is 5. The molecule has 0 radical (unpaired) electrons. The third-order valence-corrected chi connectivity index (χ3v) is 6.08. The molecule has 0 bridgehead atoms. The Kier molecular flexibility index (Phi) is 5.29. The lowest BCUT2D eigenvalue weighted by Gasteiger charge is -2.30. The molecule has 0 amide bonds. The Labute approximate surface area is 185 Å². The summed E-state index contributed by atoms with van der Waals surface area (Å²) in [4.78, 5) is 6.78. The van der Waals surface area contributed by atoms with E-state index in [0.717, 1.165) is 54.7 Å². The Morgan fingerprint density at radius 1 is 1.16 bits per heavy atom. The van der Waals surface area contributed by atoms with Gasteiger partial charge in [0.15, 0.2) is 11.6 Å². The van der Waals surface area contributed by atoms with Gasteiger partial charge < -0.3 is 8.94 Å². The SMILES string of the molecule is Cc1noc(C2CCCN(Cn3nc(-c4ccoc4C)n(-c4ccccc4)c3=S)C2)n1. The van der Waals surface area contributed by atoms with Crippen molar-refractivity contribution in [3.05, 3.63) is 64.9 Å². The molecule has 1 atom stereocenters. The normalized spacial score (nSPS) is 17.3. The van der Waals surface area contributed by atoms with Crippen molar-refractivity contribution >= 4 is 12.2 Å². The highest BCUT2D eigenvalue weighted by molar-refractivity contribution is 7.71. The highest BCUT2D eigenvalue weighted by atomic mass is 32.1. The van der Waals surface area contributed by atoms with Crippen LogP contribution < -0.4 is 0 Å². The van der Waals surface area contributed by atoms with E-state index >= 15 is 0 Å². The topological polar surface area (TPSA) is 78.0 Å². The van der Waals surface area contributed by atoms with Crippen LogP contribution in [0.2, 0.25) is 0 Å². The molecule has 1 aliphatic rings. The van der Waals surface area contributed by atoms with E-state index in [1.54, 1.807) is 6.26 Å². The van der Waals surface area contributed by atoms with Crippen LogP contribution in [-0.4, -0.2) is 42.5 Å². The molecule has 5 rings (SSSR count). The zero-order valence-electron chi connectivity index (χ0n) is 17.6. The lowest BCUT2D eigenvalue weighted by Crippen LogP contribution is -2.36. The summed E-state index contributed by atoms with van der Waals surface area (Å²) < 4.78 is 15.5. The Bertz CT molecular complexity index is 1240. The molecule has 160 valence electrons. The second-order valence-electron chi connectivity index (χ2n) is 7.90. The number of hydrogen-bond acceptors (Lipinski definition) is 7. The van der Waals surface area contributed by atoms with E-state index in [9.17, 15) is 0 Å². The van der Waals surface area contributed by atoms with Gasteiger partial charge in [0.25, 0.3) is 0 Å². The van der Waals surface area contributed by atoms with Gasteiger partial charge in [-0.2, -0.15) is 4.98 Å². The van der Waals surface area contributed by atoms with Crippen LogP contribution in [-0.2, 0) is 6.67 Å². The van der Waals surface area contributed by atoms with Crippen molar-refractivity contribution in [2.45, 2.75) is 39.3 Å². The van der Waals surface area contributed by atoms with Crippen molar-refractivity contribution in [2.75, 3.05) is 13.1 Å². The fraction of sp³-hybridized carbons (Fsp3) is 0.364. The van der Waals surface area contributed by atoms with Crippen LogP contribution in [0.1, 0.15) is 36.2 Å². The average Bonchev–Trinajstić information content (AvgIpc) is 3.48. The van der Waals surface area contributed by atoms with Gasteiger partial charge in [0.2, 0.25) is 10.7 Å². The van der Waals surface area contributed by atoms with Crippen molar-refractivity contribution < 1.29 is 8.94 Å². The summed E-state index contributed by atoms with van der Waals surface area (Å²) in [6.45, 7) is 6.20. The maximum absolute atomic E-state index is 5.87. The van der Waals surface area contributed by atoms with Crippen LogP contribution in [0, 0.1) is 18.6 Å². The molecular formula is C22H24N6O2S. The van der Waals surface area contributed by atoms with Crippen molar-refractivity contribution in [2.24, 2.45) is 0 Å². The molecule has 1 unspecified atom stereocenters. The van der Waals surface area contributed by atoms with Crippen LogP contribution in [0.3, 0.4) is 0 Å². The first kappa shape index (κ1) is 19.9. The standard InChI is InChI=1S/C22H24N6O2S/c1-15-19(10-12-29-15)20-24-27(22(31)28(20)18-8-4-3-5-9-18)14-26-11-6-7-17(13-26)21-23-16(2)25-30-21/h3-5,8-10,12,17H,6-7,11,13-14H2,1-2H3. The van der Waals surface area contributed by atoms with Gasteiger partial charge in [-0.15, -0.1) is 5.10 Å². The minimum absolute atomic E-state index is 0.232. The van der Waals surface area contributed by atoms with Gasteiger partial charge in [-0.05, 0) is 63.7 Å². The molecule has 1 aliphatic heterocycles. The fourth-order valence-electron chi connectivity index (χ4n) is 4.15. The number of hydrogen-bond donors (Lipinski definition) is 0. The number of benzene rings is 1. The second kappa shape index (κ2) is 8.24. The van der Waals surface area contributed by atoms with Gasteiger partial charge in [0, 0.05) is 12.2 Å². The van der Waals surface area contributed by atoms with E-state index in [0.29, 0.717) is 17.3 Å². The van der Waals surface area contributed by atoms with E-state index < -0.39 is 0 Å². The van der Waals surface area contributed by atoms with E-state index in [-0.39, 0.29) is 5.92 Å². The van der Waals surface area contributed by atoms with Gasteiger partial charge in [-0.25, -0.2) is 4.68 Å². The number of para-hydroxylation sites is 1. The Morgan fingerprint density at radius 2 is 2.00 bits per heavy atom. The minimum Gasteiger partial charge on any atom is -0.469 e. The predicted octanol–water partition coefficient (Wildman–Crippen LogP) is 4.50. The number of aromatic nitrogens is 5. The summed E-state index contributed by atoms with van der Waals surface area (Å²) in [6, 6.07) is 12.0. The molecular weight excluding hydrogens is 412 g/mol. The zero-order valence-corrected chi connectivity index (χ0v) is 18.4. The summed E-state index contributed by atoms with van der Waals surface area (Å²) in [7, 11) is 0. The summed E-state index contributed by atoms with van der Waals surface area (Å²) >= 11 is 5.87. The molecule has 3 aromatic heterocycles. The van der Waals surface area contributed by atoms with Gasteiger partial charge in [0.05, 0.1) is 24.4 Å². The van der Waals surface area contributed by atoms with Crippen molar-refractivity contribution in [3.63, 3.8) is 0 Å². The van der Waals surface area contributed by atoms with Crippen LogP contribution in [0.25, 0.3) is 17.1 Å². The van der Waals surface area contributed by atoms with Crippen LogP contribution in [0.5, 0.6) is 0 Å². The summed E-state index contributed by atoms with van der Waals surface area (Å²) in [5.41, 5.74) is 1.92. The first-order valence-corrected chi connectivity index (χ1v) is 10.8. The molecule has 4 aromatic rings. The number of piperidine rings is 1. The smallest absolute Gasteiger partial charge is 0.231 e. The molecule has 0 aliphatic carbocycles. The van der Waals surface area contributed by atoms with Crippen LogP contribution in [0.15, 0.2) is 51.6 Å². The third kappa shape index (κ3) is 3.86. The number of aryl methyl sites for hydroxylation is 2. The molecule has 1 fully saturated rings. The third-order valence-electron chi connectivity index (χ3n) is 5.69. The lowest BCUT2D eigenvalue weighted by atomic mass is 9.98. The number of likely N-dealkylation sites (tertiary alicyclic amines) is 1. The van der Waals surface area contributed by atoms with E-state index in [4.69, 9.17) is 26.3 Å². The maximum Gasteiger partial charge on any atom is 0.231 e. The molecule has 4 heterocycles. The largest absolute Gasteiger partial charge is 0.469 e. The zero-order chi connectivity index (χ0) is 21.4. The maximum atomic E-state index is 5.87. The predicted molar refractivity (Wildman–Crippen MR) is 117 cm³/mol. The second-order valence-corrected chi connectivity index (χ2v) is 8.27. The summed E-state index contributed by atoms with van der Waals surface area (Å²) in [6.07, 6.45) is 3.79. The van der Waals surface area contributed by atoms with Crippen LogP contribution >= 0.6 is 12.2 Å². The highest BCUT2D eigenvalue weighted by Crippen LogP contribution is 2.28. The first-order chi connectivity index (χ1) is 15.1. The quantitative estimate of drug-likeness (QED) is 0.426. The lowest BCUT2D eigenvalue weighted by molar-refractivity contribution is 0.143. The first-order valence-electron chi connectivity index (χ1n) is 10.4. The molecule has 1 saturated heterocycles. The molecule has 0 saturated carbocycles. The van der Waals surface area contributed by atoms with E-state index in [1.807, 2.05) is 59.5 Å². The van der Waals surface area contributed by atoms with Gasteiger partial charge in [-0.1, -0.05) is 23.4 Å². The molecule has 0 N–H and O–H groups in total. The molecule has 0 spiro atoms. The highest BCUT2D eigenvalue weighted by Gasteiger charge is 2.27. The minimum atomic E-state index is 0.232. The van der Waals surface area contributed by atoms with Gasteiger partial charge in [0.1, 0.15) is 5.76 Å². The van der Waals surface area contributed by atoms with Crippen LogP contribution in [0.4, 0.5) is 0 Å². The van der Waals surface area contributed by atoms with Crippen molar-refractivity contribution in [3.8, 4) is 17.1 Å². The fourth-order valence-corrected chi connectivity index (χ4v) is 4.45. The summed E-state index contributed by atoms with van der Waals surface area (Å²) in [5, 5.41) is 8.86.